The summed E-state index contributed by atoms with van der Waals surface area (Å²) in [6.45, 7) is 0.838. The zero-order chi connectivity index (χ0) is 12.8. The van der Waals surface area contributed by atoms with Crippen LogP contribution in [0.1, 0.15) is 48.0 Å². The van der Waals surface area contributed by atoms with E-state index in [-0.39, 0.29) is 5.91 Å². The van der Waals surface area contributed by atoms with Gasteiger partial charge in [0.15, 0.2) is 0 Å². The van der Waals surface area contributed by atoms with Gasteiger partial charge in [0.2, 0.25) is 0 Å². The summed E-state index contributed by atoms with van der Waals surface area (Å²) in [5.74, 6) is 0.0675. The maximum Gasteiger partial charge on any atom is 0.251 e. The van der Waals surface area contributed by atoms with Crippen molar-refractivity contribution in [2.45, 2.75) is 44.7 Å². The number of benzene rings is 1. The topological polar surface area (TPSA) is 41.1 Å². The predicted octanol–water partition coefficient (Wildman–Crippen LogP) is 2.47. The molecule has 2 rings (SSSR count). The second-order valence-electron chi connectivity index (χ2n) is 5.04. The minimum atomic E-state index is 0.0675. The van der Waals surface area contributed by atoms with E-state index in [0.29, 0.717) is 6.04 Å². The molecule has 0 bridgehead atoms. The van der Waals surface area contributed by atoms with Gasteiger partial charge in [0.25, 0.3) is 5.91 Å². The Kier molecular flexibility index (Phi) is 4.76. The van der Waals surface area contributed by atoms with Crippen LogP contribution in [-0.2, 0) is 6.54 Å². The van der Waals surface area contributed by atoms with Crippen LogP contribution in [0.2, 0.25) is 0 Å². The van der Waals surface area contributed by atoms with Gasteiger partial charge in [-0.2, -0.15) is 0 Å². The lowest BCUT2D eigenvalue weighted by atomic mass is 9.95. The summed E-state index contributed by atoms with van der Waals surface area (Å²) in [6.07, 6.45) is 6.05. The monoisotopic (exact) mass is 246 g/mol. The van der Waals surface area contributed by atoms with Crippen LogP contribution >= 0.6 is 0 Å². The highest BCUT2D eigenvalue weighted by Crippen LogP contribution is 2.17. The average molecular weight is 246 g/mol. The Morgan fingerprint density at radius 3 is 2.44 bits per heavy atom. The molecule has 0 aliphatic heterocycles. The fourth-order valence-electron chi connectivity index (χ4n) is 2.49. The van der Waals surface area contributed by atoms with Gasteiger partial charge in [0.05, 0.1) is 0 Å². The van der Waals surface area contributed by atoms with Crippen LogP contribution in [0.4, 0.5) is 0 Å². The van der Waals surface area contributed by atoms with Crippen LogP contribution in [0.25, 0.3) is 0 Å². The van der Waals surface area contributed by atoms with Gasteiger partial charge in [-0.15, -0.1) is 0 Å². The first-order valence-electron chi connectivity index (χ1n) is 6.84. The van der Waals surface area contributed by atoms with Gasteiger partial charge in [0, 0.05) is 18.2 Å². The van der Waals surface area contributed by atoms with E-state index >= 15 is 0 Å². The molecule has 1 aromatic rings. The number of carbonyl (C=O) groups excluding carboxylic acids is 1. The van der Waals surface area contributed by atoms with Crippen molar-refractivity contribution in [1.29, 1.82) is 0 Å². The van der Waals surface area contributed by atoms with Gasteiger partial charge in [-0.05, 0) is 37.6 Å². The number of nitrogens with one attached hydrogen (secondary N) is 2. The molecule has 18 heavy (non-hydrogen) atoms. The molecule has 1 aliphatic rings. The Bertz CT molecular complexity index is 380. The standard InChI is InChI=1S/C15H22N2O/c1-16-11-12-7-9-13(10-8-12)15(18)17-14-5-3-2-4-6-14/h7-10,14,16H,2-6,11H2,1H3,(H,17,18). The molecule has 0 unspecified atom stereocenters. The summed E-state index contributed by atoms with van der Waals surface area (Å²) in [4.78, 5) is 12.1. The zero-order valence-corrected chi connectivity index (χ0v) is 11.0. The third-order valence-corrected chi connectivity index (χ3v) is 3.54. The normalized spacial score (nSPS) is 16.5. The lowest BCUT2D eigenvalue weighted by molar-refractivity contribution is 0.0927. The zero-order valence-electron chi connectivity index (χ0n) is 11.0. The van der Waals surface area contributed by atoms with E-state index in [0.717, 1.165) is 24.9 Å². The molecule has 1 amide bonds. The molecule has 0 radical (unpaired) electrons. The quantitative estimate of drug-likeness (QED) is 0.857. The van der Waals surface area contributed by atoms with Gasteiger partial charge < -0.3 is 10.6 Å². The van der Waals surface area contributed by atoms with E-state index in [1.54, 1.807) is 0 Å². The summed E-state index contributed by atoms with van der Waals surface area (Å²) in [6, 6.07) is 8.21. The molecular formula is C15H22N2O. The molecule has 1 fully saturated rings. The predicted molar refractivity (Wildman–Crippen MR) is 73.5 cm³/mol. The lowest BCUT2D eigenvalue weighted by Crippen LogP contribution is -2.36. The van der Waals surface area contributed by atoms with Crippen LogP contribution in [0, 0.1) is 0 Å². The number of carbonyl (C=O) groups is 1. The maximum absolute atomic E-state index is 12.1. The van der Waals surface area contributed by atoms with Crippen molar-refractivity contribution in [3.8, 4) is 0 Å². The minimum Gasteiger partial charge on any atom is -0.349 e. The highest BCUT2D eigenvalue weighted by Gasteiger charge is 2.16. The second kappa shape index (κ2) is 6.55. The minimum absolute atomic E-state index is 0.0675. The lowest BCUT2D eigenvalue weighted by Gasteiger charge is -2.22. The van der Waals surface area contributed by atoms with Crippen LogP contribution in [0.15, 0.2) is 24.3 Å². The second-order valence-corrected chi connectivity index (χ2v) is 5.04. The van der Waals surface area contributed by atoms with Crippen molar-refractivity contribution in [2.24, 2.45) is 0 Å². The van der Waals surface area contributed by atoms with E-state index in [9.17, 15) is 4.79 Å². The van der Waals surface area contributed by atoms with E-state index in [1.807, 2.05) is 31.3 Å². The van der Waals surface area contributed by atoms with Crippen molar-refractivity contribution >= 4 is 5.91 Å². The van der Waals surface area contributed by atoms with Gasteiger partial charge in [-0.25, -0.2) is 0 Å². The Morgan fingerprint density at radius 1 is 1.17 bits per heavy atom. The number of hydrogen-bond donors (Lipinski definition) is 2. The highest BCUT2D eigenvalue weighted by atomic mass is 16.1. The molecule has 98 valence electrons. The molecule has 0 saturated heterocycles. The van der Waals surface area contributed by atoms with Crippen molar-refractivity contribution in [3.05, 3.63) is 35.4 Å². The van der Waals surface area contributed by atoms with Crippen LogP contribution < -0.4 is 10.6 Å². The number of amides is 1. The fraction of sp³-hybridized carbons (Fsp3) is 0.533. The van der Waals surface area contributed by atoms with Gasteiger partial charge in [-0.1, -0.05) is 31.4 Å². The third kappa shape index (κ3) is 3.57. The highest BCUT2D eigenvalue weighted by molar-refractivity contribution is 5.94. The fourth-order valence-corrected chi connectivity index (χ4v) is 2.49. The van der Waals surface area contributed by atoms with Crippen molar-refractivity contribution < 1.29 is 4.79 Å². The Morgan fingerprint density at radius 2 is 1.83 bits per heavy atom. The Hall–Kier alpha value is -1.35. The number of rotatable bonds is 4. The third-order valence-electron chi connectivity index (χ3n) is 3.54. The molecule has 0 aromatic heterocycles. The summed E-state index contributed by atoms with van der Waals surface area (Å²) in [5.41, 5.74) is 1.96. The van der Waals surface area contributed by atoms with E-state index < -0.39 is 0 Å². The van der Waals surface area contributed by atoms with E-state index in [2.05, 4.69) is 10.6 Å². The molecule has 1 aromatic carbocycles. The van der Waals surface area contributed by atoms with Crippen molar-refractivity contribution in [3.63, 3.8) is 0 Å². The Labute approximate surface area is 109 Å². The average Bonchev–Trinajstić information content (AvgIpc) is 2.41. The first-order chi connectivity index (χ1) is 8.79. The largest absolute Gasteiger partial charge is 0.349 e. The molecular weight excluding hydrogens is 224 g/mol. The van der Waals surface area contributed by atoms with Crippen LogP contribution in [0.3, 0.4) is 0 Å². The van der Waals surface area contributed by atoms with Gasteiger partial charge in [-0.3, -0.25) is 4.79 Å². The molecule has 1 aliphatic carbocycles. The van der Waals surface area contributed by atoms with Crippen molar-refractivity contribution in [1.82, 2.24) is 10.6 Å². The van der Waals surface area contributed by atoms with Gasteiger partial charge >= 0.3 is 0 Å². The summed E-state index contributed by atoms with van der Waals surface area (Å²) < 4.78 is 0. The van der Waals surface area contributed by atoms with Crippen LogP contribution in [0.5, 0.6) is 0 Å². The first kappa shape index (κ1) is 13.1. The summed E-state index contributed by atoms with van der Waals surface area (Å²) >= 11 is 0. The molecule has 1 saturated carbocycles. The SMILES string of the molecule is CNCc1ccc(C(=O)NC2CCCCC2)cc1. The number of hydrogen-bond acceptors (Lipinski definition) is 2. The molecule has 0 heterocycles. The molecule has 0 atom stereocenters. The maximum atomic E-state index is 12.1. The molecule has 0 spiro atoms. The first-order valence-corrected chi connectivity index (χ1v) is 6.84. The molecule has 2 N–H and O–H groups in total. The van der Waals surface area contributed by atoms with Crippen LogP contribution in [-0.4, -0.2) is 19.0 Å². The smallest absolute Gasteiger partial charge is 0.251 e. The summed E-state index contributed by atoms with van der Waals surface area (Å²) in [7, 11) is 1.92. The molecule has 3 nitrogen and oxygen atoms in total. The Balaban J connectivity index is 1.91. The van der Waals surface area contributed by atoms with E-state index in [1.165, 1.54) is 24.8 Å². The summed E-state index contributed by atoms with van der Waals surface area (Å²) in [5, 5.41) is 6.23. The van der Waals surface area contributed by atoms with Gasteiger partial charge in [0.1, 0.15) is 0 Å². The van der Waals surface area contributed by atoms with Crippen molar-refractivity contribution in [2.75, 3.05) is 7.05 Å². The molecule has 3 heteroatoms. The van der Waals surface area contributed by atoms with E-state index in [4.69, 9.17) is 0 Å².